The van der Waals surface area contributed by atoms with E-state index in [0.29, 0.717) is 54.5 Å². The number of aryl methyl sites for hydroxylation is 1. The molecule has 15 nitrogen and oxygen atoms in total. The Morgan fingerprint density at radius 2 is 1.80 bits per heavy atom. The molecule has 16 heteroatoms. The predicted molar refractivity (Wildman–Crippen MR) is 200 cm³/mol. The largest absolute Gasteiger partial charge is 0.461 e. The zero-order chi connectivity index (χ0) is 39.6. The van der Waals surface area contributed by atoms with E-state index in [1.165, 1.54) is 6.92 Å². The van der Waals surface area contributed by atoms with Crippen LogP contribution in [0.3, 0.4) is 0 Å². The van der Waals surface area contributed by atoms with Crippen molar-refractivity contribution in [1.29, 1.82) is 0 Å². The number of cyclic esters (lactones) is 1. The molecule has 54 heavy (non-hydrogen) atoms. The second-order valence-corrected chi connectivity index (χ2v) is 16.5. The van der Waals surface area contributed by atoms with Gasteiger partial charge in [0.2, 0.25) is 0 Å². The van der Waals surface area contributed by atoms with E-state index in [4.69, 9.17) is 28.2 Å². The van der Waals surface area contributed by atoms with Gasteiger partial charge in [-0.1, -0.05) is 20.3 Å². The van der Waals surface area contributed by atoms with Gasteiger partial charge in [-0.25, -0.2) is 29.0 Å². The van der Waals surface area contributed by atoms with Crippen molar-refractivity contribution in [3.8, 4) is 17.1 Å². The Balaban J connectivity index is 1.38. The van der Waals surface area contributed by atoms with Gasteiger partial charge in [-0.15, -0.1) is 0 Å². The first kappa shape index (κ1) is 40.9. The summed E-state index contributed by atoms with van der Waals surface area (Å²) < 4.78 is 43.3. The number of carbonyl (C=O) groups is 3. The fraction of sp³-hybridized carbons (Fsp3) is 0.553. The number of aliphatic hydroxyl groups is 1. The Morgan fingerprint density at radius 1 is 1.07 bits per heavy atom. The van der Waals surface area contributed by atoms with Crippen molar-refractivity contribution in [3.63, 3.8) is 0 Å². The van der Waals surface area contributed by atoms with E-state index >= 15 is 0 Å². The summed E-state index contributed by atoms with van der Waals surface area (Å²) in [7, 11) is -4.16. The van der Waals surface area contributed by atoms with E-state index in [9.17, 15) is 28.8 Å². The molecule has 0 spiro atoms. The number of carbonyl (C=O) groups excluding carboxylic acids is 3. The molecule has 2 aromatic heterocycles. The van der Waals surface area contributed by atoms with Crippen LogP contribution in [0, 0.1) is 0 Å². The summed E-state index contributed by atoms with van der Waals surface area (Å²) in [6.45, 7) is 14.5. The maximum atomic E-state index is 14.2. The predicted octanol–water partition coefficient (Wildman–Crippen LogP) is 5.77. The monoisotopic (exact) mass is 770 g/mol. The fourth-order valence-corrected chi connectivity index (χ4v) is 8.07. The number of pyridine rings is 2. The second kappa shape index (κ2) is 16.2. The van der Waals surface area contributed by atoms with E-state index in [2.05, 4.69) is 10.4 Å². The number of hydrogen-bond acceptors (Lipinski definition) is 12. The van der Waals surface area contributed by atoms with Crippen LogP contribution in [-0.4, -0.2) is 63.6 Å². The molecule has 0 radical (unpaired) electrons. The number of rotatable bonds is 15. The van der Waals surface area contributed by atoms with E-state index in [-0.39, 0.29) is 48.6 Å². The Hall–Kier alpha value is -4.30. The number of fused-ring (bicyclic) bond motifs is 5. The van der Waals surface area contributed by atoms with Crippen molar-refractivity contribution in [2.45, 2.75) is 124 Å². The van der Waals surface area contributed by atoms with Crippen LogP contribution in [0.4, 0.5) is 4.79 Å². The Bertz CT molecular complexity index is 2040. The van der Waals surface area contributed by atoms with Crippen molar-refractivity contribution in [2.24, 2.45) is 0 Å². The molecule has 0 saturated heterocycles. The van der Waals surface area contributed by atoms with Gasteiger partial charge in [-0.3, -0.25) is 9.32 Å². The molecule has 3 atom stereocenters. The van der Waals surface area contributed by atoms with Crippen LogP contribution in [0.5, 0.6) is 5.75 Å². The molecular weight excluding hydrogens is 719 g/mol. The van der Waals surface area contributed by atoms with Crippen LogP contribution in [0.15, 0.2) is 29.1 Å². The number of benzene rings is 1. The Labute approximate surface area is 314 Å². The van der Waals surface area contributed by atoms with Gasteiger partial charge in [0.25, 0.3) is 5.56 Å². The Morgan fingerprint density at radius 3 is 2.46 bits per heavy atom. The summed E-state index contributed by atoms with van der Waals surface area (Å²) >= 11 is 0. The molecule has 2 aliphatic heterocycles. The van der Waals surface area contributed by atoms with Gasteiger partial charge >= 0.3 is 25.8 Å². The molecule has 294 valence electrons. The minimum atomic E-state index is -4.16. The average Bonchev–Trinajstić information content (AvgIpc) is 3.46. The van der Waals surface area contributed by atoms with Crippen LogP contribution in [-0.2, 0) is 58.1 Å². The summed E-state index contributed by atoms with van der Waals surface area (Å²) in [6.07, 6.45) is 0.363. The van der Waals surface area contributed by atoms with Crippen LogP contribution < -0.4 is 20.5 Å². The lowest BCUT2D eigenvalue weighted by molar-refractivity contribution is -0.172. The number of nitrogens with zero attached hydrogens (tertiary/aromatic N) is 2. The molecule has 4 heterocycles. The van der Waals surface area contributed by atoms with Crippen LogP contribution in [0.2, 0.25) is 0 Å². The smallest absolute Gasteiger partial charge is 0.459 e. The molecule has 3 aromatic rings. The molecule has 1 amide bonds. The van der Waals surface area contributed by atoms with Crippen molar-refractivity contribution >= 4 is 36.7 Å². The Kier molecular flexibility index (Phi) is 12.3. The summed E-state index contributed by atoms with van der Waals surface area (Å²) in [5.74, 6) is -1.28. The third-order valence-corrected chi connectivity index (χ3v) is 10.8. The van der Waals surface area contributed by atoms with E-state index in [1.807, 2.05) is 6.92 Å². The van der Waals surface area contributed by atoms with Gasteiger partial charge in [0.1, 0.15) is 18.0 Å². The summed E-state index contributed by atoms with van der Waals surface area (Å²) in [5, 5.41) is 17.5. The van der Waals surface area contributed by atoms with Gasteiger partial charge in [0.15, 0.2) is 11.7 Å². The first-order valence-corrected chi connectivity index (χ1v) is 20.0. The summed E-state index contributed by atoms with van der Waals surface area (Å²) in [4.78, 5) is 55.8. The minimum Gasteiger partial charge on any atom is -0.461 e. The number of esters is 2. The maximum Gasteiger partial charge on any atom is 0.459 e. The molecule has 5 rings (SSSR count). The molecule has 2 aliphatic rings. The highest BCUT2D eigenvalue weighted by atomic mass is 31.2. The van der Waals surface area contributed by atoms with E-state index < -0.39 is 49.2 Å². The standard InChI is InChI=1S/C38H51N4O11P/c1-9-25-26-18-24(53-54(48,52-23(5)34(44)50-22(3)4)40-17-13-11-12-16-39-36(46)51-37(6,7)8)14-15-30(26)41-32-27(25)20-42-31(32)19-29-28(33(42)43)21-49-35(45)38(29,47)10-2/h14-15,18-19,22-23,47H,9-13,16-17,20-21H2,1-8H3,(H,39,46)(H,40,48)/t23?,38-,54?/m0/s1. The van der Waals surface area contributed by atoms with Crippen LogP contribution in [0.25, 0.3) is 22.3 Å². The number of unbranched alkanes of at least 4 members (excludes halogenated alkanes) is 2. The van der Waals surface area contributed by atoms with Crippen molar-refractivity contribution in [2.75, 3.05) is 13.1 Å². The van der Waals surface area contributed by atoms with E-state index in [1.54, 1.807) is 70.4 Å². The van der Waals surface area contributed by atoms with Gasteiger partial charge in [0, 0.05) is 29.6 Å². The second-order valence-electron chi connectivity index (χ2n) is 14.8. The van der Waals surface area contributed by atoms with Crippen LogP contribution in [0.1, 0.15) is 103 Å². The first-order valence-electron chi connectivity index (χ1n) is 18.4. The van der Waals surface area contributed by atoms with E-state index in [0.717, 1.165) is 11.1 Å². The molecule has 1 aromatic carbocycles. The number of nitrogens with one attached hydrogen (secondary N) is 2. The fourth-order valence-electron chi connectivity index (χ4n) is 6.56. The molecule has 0 bridgehead atoms. The normalized spacial score (nSPS) is 17.9. The highest BCUT2D eigenvalue weighted by molar-refractivity contribution is 7.52. The topological polar surface area (TPSA) is 194 Å². The average molecular weight is 771 g/mol. The molecule has 2 unspecified atom stereocenters. The number of amides is 1. The van der Waals surface area contributed by atoms with Gasteiger partial charge in [-0.2, -0.15) is 0 Å². The lowest BCUT2D eigenvalue weighted by atomic mass is 9.86. The SMILES string of the molecule is CCc1c2c(nc3ccc(OP(=O)(NCCCCCNC(=O)OC(C)(C)C)OC(C)C(=O)OC(C)C)cc13)-c1cc3c(c(=O)n1C2)COC(=O)[C@]3(O)CC. The molecule has 0 fully saturated rings. The quantitative estimate of drug-likeness (QED) is 0.0572. The highest BCUT2D eigenvalue weighted by Gasteiger charge is 2.45. The first-order chi connectivity index (χ1) is 25.4. The molecular formula is C38H51N4O11P. The summed E-state index contributed by atoms with van der Waals surface area (Å²) in [5.41, 5.74) is 0.925. The van der Waals surface area contributed by atoms with Gasteiger partial charge in [-0.05, 0) is 97.1 Å². The van der Waals surface area contributed by atoms with Crippen LogP contribution >= 0.6 is 7.75 Å². The third-order valence-electron chi connectivity index (χ3n) is 9.16. The summed E-state index contributed by atoms with van der Waals surface area (Å²) in [6, 6.07) is 6.68. The zero-order valence-corrected chi connectivity index (χ0v) is 33.1. The lowest BCUT2D eigenvalue weighted by Crippen LogP contribution is -2.44. The third kappa shape index (κ3) is 8.80. The van der Waals surface area contributed by atoms with Gasteiger partial charge < -0.3 is 33.7 Å². The maximum absolute atomic E-state index is 14.2. The van der Waals surface area contributed by atoms with Gasteiger partial charge in [0.05, 0.1) is 35.1 Å². The molecule has 0 aliphatic carbocycles. The van der Waals surface area contributed by atoms with Crippen molar-refractivity contribution < 1.29 is 47.3 Å². The number of ether oxygens (including phenoxy) is 3. The highest BCUT2D eigenvalue weighted by Crippen LogP contribution is 2.47. The molecule has 3 N–H and O–H groups in total. The van der Waals surface area contributed by atoms with Crippen molar-refractivity contribution in [3.05, 3.63) is 56.9 Å². The lowest BCUT2D eigenvalue weighted by Gasteiger charge is -2.31. The zero-order valence-electron chi connectivity index (χ0n) is 32.2. The number of aromatic nitrogens is 2. The minimum absolute atomic E-state index is 0.0379. The number of alkyl carbamates (subject to hydrolysis) is 1. The molecule has 0 saturated carbocycles. The number of hydrogen-bond donors (Lipinski definition) is 3. The van der Waals surface area contributed by atoms with Crippen molar-refractivity contribution in [1.82, 2.24) is 20.0 Å².